The first-order chi connectivity index (χ1) is 6.32. The Labute approximate surface area is 78.0 Å². The van der Waals surface area contributed by atoms with Crippen LogP contribution in [0.25, 0.3) is 0 Å². The Bertz CT molecular complexity index is 480. The first-order valence-corrected chi connectivity index (χ1v) is 4.68. The van der Waals surface area contributed by atoms with Crippen LogP contribution in [0.2, 0.25) is 0 Å². The van der Waals surface area contributed by atoms with E-state index in [0.29, 0.717) is 18.2 Å². The van der Waals surface area contributed by atoms with Crippen molar-refractivity contribution in [3.8, 4) is 0 Å². The molecule has 1 aromatic carbocycles. The monoisotopic (exact) mass is 222 g/mol. The summed E-state index contributed by atoms with van der Waals surface area (Å²) >= 11 is 0. The topological polar surface area (TPSA) is 71.4 Å². The Hall–Kier alpha value is -1.50. The van der Waals surface area contributed by atoms with Crippen LogP contribution < -0.4 is 0 Å². The Morgan fingerprint density at radius 3 is 2.36 bits per heavy atom. The molecular formula is C7H4F2O4S. The summed E-state index contributed by atoms with van der Waals surface area (Å²) in [5, 5.41) is 8.40. The van der Waals surface area contributed by atoms with E-state index < -0.39 is 32.5 Å². The molecule has 0 amide bonds. The van der Waals surface area contributed by atoms with Gasteiger partial charge in [0, 0.05) is 0 Å². The van der Waals surface area contributed by atoms with Gasteiger partial charge in [-0.05, 0) is 18.2 Å². The number of rotatable bonds is 2. The number of hydrogen-bond donors (Lipinski definition) is 1. The molecule has 1 aromatic rings. The summed E-state index contributed by atoms with van der Waals surface area (Å²) in [6.07, 6.45) is 0. The lowest BCUT2D eigenvalue weighted by atomic mass is 10.2. The molecule has 14 heavy (non-hydrogen) atoms. The highest BCUT2D eigenvalue weighted by atomic mass is 32.3. The van der Waals surface area contributed by atoms with Crippen LogP contribution in [-0.4, -0.2) is 19.5 Å². The normalized spacial score (nSPS) is 11.3. The molecule has 1 N–H and O–H groups in total. The second kappa shape index (κ2) is 3.33. The van der Waals surface area contributed by atoms with Gasteiger partial charge in [-0.1, -0.05) is 0 Å². The molecule has 4 nitrogen and oxygen atoms in total. The molecule has 0 unspecified atom stereocenters. The van der Waals surface area contributed by atoms with Crippen molar-refractivity contribution in [2.75, 3.05) is 0 Å². The fourth-order valence-corrected chi connectivity index (χ4v) is 1.31. The zero-order valence-corrected chi connectivity index (χ0v) is 7.38. The Morgan fingerprint density at radius 2 is 1.93 bits per heavy atom. The predicted octanol–water partition coefficient (Wildman–Crippen LogP) is 1.18. The third-order valence-corrected chi connectivity index (χ3v) is 2.27. The van der Waals surface area contributed by atoms with Crippen LogP contribution in [0, 0.1) is 5.82 Å². The number of aromatic carboxylic acids is 1. The molecule has 0 saturated heterocycles. The van der Waals surface area contributed by atoms with Crippen LogP contribution in [0.15, 0.2) is 23.1 Å². The Morgan fingerprint density at radius 1 is 1.36 bits per heavy atom. The molecule has 0 bridgehead atoms. The van der Waals surface area contributed by atoms with Gasteiger partial charge in [0.1, 0.15) is 5.82 Å². The molecule has 76 valence electrons. The second-order valence-electron chi connectivity index (χ2n) is 2.38. The van der Waals surface area contributed by atoms with Crippen LogP contribution in [0.1, 0.15) is 10.4 Å². The van der Waals surface area contributed by atoms with E-state index in [0.717, 1.165) is 0 Å². The van der Waals surface area contributed by atoms with E-state index in [1.54, 1.807) is 0 Å². The van der Waals surface area contributed by atoms with E-state index in [9.17, 15) is 21.5 Å². The zero-order chi connectivity index (χ0) is 10.9. The molecule has 7 heteroatoms. The molecular weight excluding hydrogens is 218 g/mol. The number of hydrogen-bond acceptors (Lipinski definition) is 3. The molecule has 0 aliphatic carbocycles. The molecule has 0 spiro atoms. The molecule has 0 atom stereocenters. The van der Waals surface area contributed by atoms with Gasteiger partial charge >= 0.3 is 16.2 Å². The van der Waals surface area contributed by atoms with Gasteiger partial charge in [-0.15, -0.1) is 3.89 Å². The highest BCUT2D eigenvalue weighted by Gasteiger charge is 2.17. The molecule has 0 fully saturated rings. The van der Waals surface area contributed by atoms with Gasteiger partial charge in [0.25, 0.3) is 0 Å². The van der Waals surface area contributed by atoms with Crippen LogP contribution >= 0.6 is 0 Å². The minimum absolute atomic E-state index is 0.424. The van der Waals surface area contributed by atoms with E-state index >= 15 is 0 Å². The van der Waals surface area contributed by atoms with E-state index in [2.05, 4.69) is 0 Å². The van der Waals surface area contributed by atoms with Crippen molar-refractivity contribution in [2.24, 2.45) is 0 Å². The zero-order valence-electron chi connectivity index (χ0n) is 6.57. The van der Waals surface area contributed by atoms with Crippen molar-refractivity contribution in [2.45, 2.75) is 4.90 Å². The quantitative estimate of drug-likeness (QED) is 0.762. The van der Waals surface area contributed by atoms with Crippen molar-refractivity contribution in [3.05, 3.63) is 29.6 Å². The minimum atomic E-state index is -5.01. The SMILES string of the molecule is O=C(O)c1cc(S(=O)(=O)F)ccc1F. The Kier molecular flexibility index (Phi) is 2.52. The lowest BCUT2D eigenvalue weighted by molar-refractivity contribution is 0.0691. The Balaban J connectivity index is 3.42. The summed E-state index contributed by atoms with van der Waals surface area (Å²) in [7, 11) is -5.01. The molecule has 0 aromatic heterocycles. The molecule has 0 saturated carbocycles. The summed E-state index contributed by atoms with van der Waals surface area (Å²) in [6.45, 7) is 0. The summed E-state index contributed by atoms with van der Waals surface area (Å²) in [4.78, 5) is 9.47. The summed E-state index contributed by atoms with van der Waals surface area (Å²) in [5.41, 5.74) is -0.885. The maximum atomic E-state index is 12.7. The van der Waals surface area contributed by atoms with Gasteiger partial charge in [-0.2, -0.15) is 8.42 Å². The first kappa shape index (κ1) is 10.6. The van der Waals surface area contributed by atoms with Gasteiger partial charge in [0.05, 0.1) is 10.5 Å². The van der Waals surface area contributed by atoms with Gasteiger partial charge in [0.15, 0.2) is 0 Å². The molecule has 0 radical (unpaired) electrons. The van der Waals surface area contributed by atoms with Crippen molar-refractivity contribution in [1.29, 1.82) is 0 Å². The average molecular weight is 222 g/mol. The molecule has 0 aliphatic rings. The maximum absolute atomic E-state index is 12.7. The highest BCUT2D eigenvalue weighted by molar-refractivity contribution is 7.86. The third kappa shape index (κ3) is 2.05. The van der Waals surface area contributed by atoms with Crippen molar-refractivity contribution >= 4 is 16.2 Å². The van der Waals surface area contributed by atoms with Gasteiger partial charge in [-0.25, -0.2) is 9.18 Å². The first-order valence-electron chi connectivity index (χ1n) is 3.30. The van der Waals surface area contributed by atoms with Gasteiger partial charge in [-0.3, -0.25) is 0 Å². The lowest BCUT2D eigenvalue weighted by Gasteiger charge is -1.98. The van der Waals surface area contributed by atoms with Crippen LogP contribution in [0.3, 0.4) is 0 Å². The smallest absolute Gasteiger partial charge is 0.338 e. The highest BCUT2D eigenvalue weighted by Crippen LogP contribution is 2.16. The molecule has 1 rings (SSSR count). The number of carboxylic acids is 1. The van der Waals surface area contributed by atoms with E-state index in [4.69, 9.17) is 5.11 Å². The molecule has 0 aliphatic heterocycles. The van der Waals surface area contributed by atoms with Crippen molar-refractivity contribution < 1.29 is 26.6 Å². The largest absolute Gasteiger partial charge is 0.478 e. The fourth-order valence-electron chi connectivity index (χ4n) is 0.820. The van der Waals surface area contributed by atoms with Crippen LogP contribution in [0.5, 0.6) is 0 Å². The van der Waals surface area contributed by atoms with E-state index in [1.807, 2.05) is 0 Å². The minimum Gasteiger partial charge on any atom is -0.478 e. The number of carbonyl (C=O) groups is 1. The van der Waals surface area contributed by atoms with E-state index in [1.165, 1.54) is 0 Å². The predicted molar refractivity (Wildman–Crippen MR) is 41.7 cm³/mol. The van der Waals surface area contributed by atoms with Gasteiger partial charge in [0.2, 0.25) is 0 Å². The molecule has 0 heterocycles. The maximum Gasteiger partial charge on any atom is 0.338 e. The third-order valence-electron chi connectivity index (χ3n) is 1.45. The number of benzene rings is 1. The lowest BCUT2D eigenvalue weighted by Crippen LogP contribution is -2.03. The standard InChI is InChI=1S/C7H4F2O4S/c8-6-2-1-4(14(9,12)13)3-5(6)7(10)11/h1-3H,(H,10,11). The average Bonchev–Trinajstić information content (AvgIpc) is 2.02. The summed E-state index contributed by atoms with van der Waals surface area (Å²) in [6, 6.07) is 1.65. The number of halogens is 2. The summed E-state index contributed by atoms with van der Waals surface area (Å²) in [5.74, 6) is -2.78. The van der Waals surface area contributed by atoms with Crippen LogP contribution in [0.4, 0.5) is 8.28 Å². The summed E-state index contributed by atoms with van der Waals surface area (Å²) < 4.78 is 45.7. The fraction of sp³-hybridized carbons (Fsp3) is 0. The van der Waals surface area contributed by atoms with Crippen LogP contribution in [-0.2, 0) is 10.2 Å². The second-order valence-corrected chi connectivity index (χ2v) is 3.73. The van der Waals surface area contributed by atoms with Crippen molar-refractivity contribution in [1.82, 2.24) is 0 Å². The number of carboxylic acid groups (broad SMARTS) is 1. The van der Waals surface area contributed by atoms with E-state index in [-0.39, 0.29) is 0 Å². The van der Waals surface area contributed by atoms with Gasteiger partial charge < -0.3 is 5.11 Å². The van der Waals surface area contributed by atoms with Crippen molar-refractivity contribution in [3.63, 3.8) is 0 Å².